The molecule has 0 aliphatic carbocycles. The minimum Gasteiger partial charge on any atom is -0.614 e. The number of nitrogens with zero attached hydrogens (tertiary/aromatic N) is 1. The van der Waals surface area contributed by atoms with Crippen LogP contribution in [0.3, 0.4) is 0 Å². The van der Waals surface area contributed by atoms with Crippen molar-refractivity contribution in [1.29, 1.82) is 0 Å². The SMILES string of the molecule is COC(=O)C(CC1C(C)=C(C(=O)OCC(Cl)(Cl)Cl)N2C(=O)C(NC(C)=O)[C@@H]2[S+]1[O-])C(=O)OC. The Labute approximate surface area is 207 Å². The second-order valence-electron chi connectivity index (χ2n) is 7.15. The van der Waals surface area contributed by atoms with Gasteiger partial charge in [-0.15, -0.1) is 0 Å². The van der Waals surface area contributed by atoms with Gasteiger partial charge in [-0.2, -0.15) is 0 Å². The average Bonchev–Trinajstić information content (AvgIpc) is 2.74. The van der Waals surface area contributed by atoms with Gasteiger partial charge >= 0.3 is 17.9 Å². The number of hydrogen-bond acceptors (Lipinski definition) is 9. The zero-order valence-corrected chi connectivity index (χ0v) is 21.0. The summed E-state index contributed by atoms with van der Waals surface area (Å²) in [7, 11) is 2.13. The number of esters is 3. The standard InChI is InChI=1S/C18H21Cl3N2O9S/c1-7-10(5-9(15(26)30-3)16(27)31-4)33(29)14-11(22-8(2)24)13(25)23(14)12(7)17(28)32-6-18(19,20)21/h9-11,14H,5-6H2,1-4H3,(H,22,24)/t10?,11?,14-,33?/m0/s1. The third-order valence-corrected chi connectivity index (χ3v) is 7.39. The van der Waals surface area contributed by atoms with E-state index in [0.29, 0.717) is 0 Å². The van der Waals surface area contributed by atoms with Crippen molar-refractivity contribution >= 4 is 75.7 Å². The maximum atomic E-state index is 13.4. The molecule has 0 aromatic carbocycles. The number of carbonyl (C=O) groups excluding carboxylic acids is 5. The maximum absolute atomic E-state index is 13.4. The zero-order chi connectivity index (χ0) is 25.2. The molecule has 0 saturated carbocycles. The van der Waals surface area contributed by atoms with E-state index in [1.54, 1.807) is 0 Å². The minimum absolute atomic E-state index is 0.103. The Balaban J connectivity index is 2.50. The number of rotatable bonds is 7. The molecule has 2 rings (SSSR count). The molecule has 2 heterocycles. The number of ether oxygens (including phenoxy) is 3. The van der Waals surface area contributed by atoms with Gasteiger partial charge in [0.25, 0.3) is 5.91 Å². The highest BCUT2D eigenvalue weighted by Crippen LogP contribution is 2.42. The second-order valence-corrected chi connectivity index (χ2v) is 11.4. The summed E-state index contributed by atoms with van der Waals surface area (Å²) < 4.78 is 25.7. The van der Waals surface area contributed by atoms with Crippen LogP contribution in [-0.4, -0.2) is 80.5 Å². The summed E-state index contributed by atoms with van der Waals surface area (Å²) >= 11 is 14.9. The highest BCUT2D eigenvalue weighted by atomic mass is 35.6. The summed E-state index contributed by atoms with van der Waals surface area (Å²) in [5.41, 5.74) is -0.176. The summed E-state index contributed by atoms with van der Waals surface area (Å²) in [6.45, 7) is 1.92. The van der Waals surface area contributed by atoms with Crippen molar-refractivity contribution in [1.82, 2.24) is 10.2 Å². The summed E-state index contributed by atoms with van der Waals surface area (Å²) in [4.78, 5) is 62.3. The van der Waals surface area contributed by atoms with Crippen molar-refractivity contribution in [3.63, 3.8) is 0 Å². The number of fused-ring (bicyclic) bond motifs is 1. The molecule has 0 bridgehead atoms. The van der Waals surface area contributed by atoms with Crippen LogP contribution in [0.5, 0.6) is 0 Å². The van der Waals surface area contributed by atoms with Crippen molar-refractivity contribution in [2.45, 2.75) is 40.7 Å². The van der Waals surface area contributed by atoms with Gasteiger partial charge in [0.05, 0.1) is 14.2 Å². The molecule has 11 nitrogen and oxygen atoms in total. The van der Waals surface area contributed by atoms with Crippen LogP contribution in [0.2, 0.25) is 0 Å². The monoisotopic (exact) mass is 546 g/mol. The molecule has 1 saturated heterocycles. The van der Waals surface area contributed by atoms with E-state index < -0.39 is 73.9 Å². The molecule has 2 amide bonds. The first kappa shape index (κ1) is 27.5. The van der Waals surface area contributed by atoms with Crippen LogP contribution in [0.1, 0.15) is 20.3 Å². The fourth-order valence-electron chi connectivity index (χ4n) is 3.51. The first-order valence-corrected chi connectivity index (χ1v) is 11.8. The van der Waals surface area contributed by atoms with Crippen molar-refractivity contribution in [3.8, 4) is 0 Å². The highest BCUT2D eigenvalue weighted by molar-refractivity contribution is 7.93. The summed E-state index contributed by atoms with van der Waals surface area (Å²) in [6.07, 6.45) is -0.357. The van der Waals surface area contributed by atoms with Crippen molar-refractivity contribution in [3.05, 3.63) is 11.3 Å². The van der Waals surface area contributed by atoms with Crippen LogP contribution < -0.4 is 5.32 Å². The van der Waals surface area contributed by atoms with Gasteiger partial charge < -0.3 is 24.1 Å². The highest BCUT2D eigenvalue weighted by Gasteiger charge is 2.63. The lowest BCUT2D eigenvalue weighted by atomic mass is 9.95. The molecule has 33 heavy (non-hydrogen) atoms. The largest absolute Gasteiger partial charge is 0.614 e. The molecule has 1 fully saturated rings. The summed E-state index contributed by atoms with van der Waals surface area (Å²) in [5, 5.41) is 0.160. The number of amides is 2. The van der Waals surface area contributed by atoms with Gasteiger partial charge in [0.2, 0.25) is 15.1 Å². The smallest absolute Gasteiger partial charge is 0.355 e. The fourth-order valence-corrected chi connectivity index (χ4v) is 5.72. The molecule has 15 heteroatoms. The van der Waals surface area contributed by atoms with E-state index >= 15 is 0 Å². The van der Waals surface area contributed by atoms with Crippen LogP contribution in [0.25, 0.3) is 0 Å². The predicted molar refractivity (Wildman–Crippen MR) is 116 cm³/mol. The molecule has 184 valence electrons. The van der Waals surface area contributed by atoms with E-state index in [1.165, 1.54) is 13.8 Å². The molecule has 0 aromatic heterocycles. The molecule has 2 aliphatic rings. The van der Waals surface area contributed by atoms with Gasteiger partial charge in [0, 0.05) is 18.9 Å². The van der Waals surface area contributed by atoms with Gasteiger partial charge in [-0.3, -0.25) is 24.1 Å². The van der Waals surface area contributed by atoms with Crippen LogP contribution in [0, 0.1) is 5.92 Å². The third kappa shape index (κ3) is 5.86. The molecule has 4 atom stereocenters. The molecule has 0 radical (unpaired) electrons. The van der Waals surface area contributed by atoms with E-state index in [4.69, 9.17) is 39.5 Å². The molecular formula is C18H21Cl3N2O9S. The Morgan fingerprint density at radius 1 is 1.18 bits per heavy atom. The second kappa shape index (κ2) is 10.7. The first-order chi connectivity index (χ1) is 15.2. The molecule has 0 aromatic rings. The number of hydrogen-bond donors (Lipinski definition) is 1. The normalized spacial score (nSPS) is 24.6. The Hall–Kier alpha value is -1.73. The Kier molecular flexibility index (Phi) is 8.91. The number of β-lactam (4-membered cyclic amide) rings is 1. The number of carbonyl (C=O) groups is 5. The number of alkyl halides is 3. The van der Waals surface area contributed by atoms with Crippen LogP contribution in [0.4, 0.5) is 0 Å². The molecule has 2 aliphatic heterocycles. The minimum atomic E-state index is -1.95. The Morgan fingerprint density at radius 3 is 2.18 bits per heavy atom. The lowest BCUT2D eigenvalue weighted by Gasteiger charge is -2.51. The quantitative estimate of drug-likeness (QED) is 0.119. The van der Waals surface area contributed by atoms with E-state index in [0.717, 1.165) is 19.1 Å². The van der Waals surface area contributed by atoms with Crippen molar-refractivity contribution in [2.75, 3.05) is 20.8 Å². The van der Waals surface area contributed by atoms with Crippen molar-refractivity contribution in [2.24, 2.45) is 5.92 Å². The molecular weight excluding hydrogens is 527 g/mol. The van der Waals surface area contributed by atoms with Crippen LogP contribution in [0.15, 0.2) is 11.3 Å². The zero-order valence-electron chi connectivity index (χ0n) is 17.9. The van der Waals surface area contributed by atoms with Gasteiger partial charge in [-0.25, -0.2) is 4.79 Å². The number of halogens is 3. The topological polar surface area (TPSA) is 151 Å². The van der Waals surface area contributed by atoms with Crippen LogP contribution >= 0.6 is 34.8 Å². The average molecular weight is 548 g/mol. The van der Waals surface area contributed by atoms with E-state index in [2.05, 4.69) is 14.8 Å². The van der Waals surface area contributed by atoms with Gasteiger partial charge in [-0.05, 0) is 18.1 Å². The lowest BCUT2D eigenvalue weighted by molar-refractivity contribution is -0.159. The van der Waals surface area contributed by atoms with E-state index in [1.807, 2.05) is 0 Å². The predicted octanol–water partition coefficient (Wildman–Crippen LogP) is 0.330. The number of methoxy groups -OCH3 is 2. The van der Waals surface area contributed by atoms with Gasteiger partial charge in [0.1, 0.15) is 17.6 Å². The first-order valence-electron chi connectivity index (χ1n) is 9.35. The third-order valence-electron chi connectivity index (χ3n) is 5.00. The summed E-state index contributed by atoms with van der Waals surface area (Å²) in [5.74, 6) is -5.62. The molecule has 1 N–H and O–H groups in total. The van der Waals surface area contributed by atoms with Gasteiger partial charge in [-0.1, -0.05) is 34.8 Å². The molecule has 3 unspecified atom stereocenters. The van der Waals surface area contributed by atoms with E-state index in [-0.39, 0.29) is 17.7 Å². The Morgan fingerprint density at radius 2 is 1.73 bits per heavy atom. The molecule has 0 spiro atoms. The fraction of sp³-hybridized carbons (Fsp3) is 0.611. The van der Waals surface area contributed by atoms with Crippen molar-refractivity contribution < 1.29 is 42.7 Å². The van der Waals surface area contributed by atoms with Gasteiger partial charge in [0.15, 0.2) is 12.0 Å². The maximum Gasteiger partial charge on any atom is 0.355 e. The Bertz CT molecular complexity index is 876. The summed E-state index contributed by atoms with van der Waals surface area (Å²) in [6, 6.07) is -1.19. The number of nitrogens with one attached hydrogen (secondary N) is 1. The van der Waals surface area contributed by atoms with E-state index in [9.17, 15) is 28.5 Å². The van der Waals surface area contributed by atoms with Crippen LogP contribution in [-0.2, 0) is 49.4 Å². The lowest BCUT2D eigenvalue weighted by Crippen LogP contribution is -2.75.